The van der Waals surface area contributed by atoms with E-state index < -0.39 is 11.1 Å². The number of anilines is 3. The van der Waals surface area contributed by atoms with E-state index in [9.17, 15) is 9.90 Å². The van der Waals surface area contributed by atoms with Crippen molar-refractivity contribution >= 4 is 35.0 Å². The van der Waals surface area contributed by atoms with Gasteiger partial charge in [-0.25, -0.2) is 4.98 Å². The molecule has 1 aromatic heterocycles. The fourth-order valence-corrected chi connectivity index (χ4v) is 6.63. The standard InChI is InChI=1S/C30H42N4O2S/c1-28(2,29(3,4)36)33-25-13-12-24(26(32-25)34-18-16-30(14-15-30)17-19-34)27(35)31-21-8-7-11-23(20-21)37-22-9-5-6-10-22/h7-8,11-13,20,22,36H,5-6,9-10,14-19H2,1-4H3,(H,31,35)(H,32,33). The fraction of sp³-hybridized carbons (Fsp3) is 0.600. The van der Waals surface area contributed by atoms with Crippen LogP contribution < -0.4 is 15.5 Å². The van der Waals surface area contributed by atoms with Gasteiger partial charge < -0.3 is 20.6 Å². The van der Waals surface area contributed by atoms with Gasteiger partial charge in [0.1, 0.15) is 11.6 Å². The Morgan fingerprint density at radius 3 is 2.41 bits per heavy atom. The lowest BCUT2D eigenvalue weighted by molar-refractivity contribution is 0.0239. The van der Waals surface area contributed by atoms with E-state index in [2.05, 4.69) is 27.7 Å². The van der Waals surface area contributed by atoms with E-state index >= 15 is 0 Å². The largest absolute Gasteiger partial charge is 0.388 e. The zero-order valence-corrected chi connectivity index (χ0v) is 23.6. The van der Waals surface area contributed by atoms with Crippen LogP contribution in [0.5, 0.6) is 0 Å². The quantitative estimate of drug-likeness (QED) is 0.358. The van der Waals surface area contributed by atoms with E-state index in [-0.39, 0.29) is 5.91 Å². The minimum atomic E-state index is -0.949. The number of hydrogen-bond acceptors (Lipinski definition) is 6. The smallest absolute Gasteiger partial charge is 0.259 e. The molecule has 6 nitrogen and oxygen atoms in total. The van der Waals surface area contributed by atoms with Crippen LogP contribution in [-0.2, 0) is 0 Å². The van der Waals surface area contributed by atoms with Gasteiger partial charge in [-0.1, -0.05) is 18.9 Å². The number of hydrogen-bond donors (Lipinski definition) is 3. The van der Waals surface area contributed by atoms with Crippen molar-refractivity contribution < 1.29 is 9.90 Å². The lowest BCUT2D eigenvalue weighted by Gasteiger charge is -2.39. The molecule has 0 bridgehead atoms. The maximum atomic E-state index is 13.6. The number of rotatable bonds is 8. The molecule has 3 N–H and O–H groups in total. The van der Waals surface area contributed by atoms with Crippen LogP contribution in [0, 0.1) is 5.41 Å². The minimum Gasteiger partial charge on any atom is -0.388 e. The van der Waals surface area contributed by atoms with Crippen molar-refractivity contribution in [3.63, 3.8) is 0 Å². The van der Waals surface area contributed by atoms with Crippen LogP contribution in [0.2, 0.25) is 0 Å². The molecule has 2 saturated carbocycles. The van der Waals surface area contributed by atoms with Crippen molar-refractivity contribution in [3.05, 3.63) is 42.0 Å². The van der Waals surface area contributed by atoms with Gasteiger partial charge in [-0.15, -0.1) is 11.8 Å². The van der Waals surface area contributed by atoms with Crippen LogP contribution in [0.25, 0.3) is 0 Å². The summed E-state index contributed by atoms with van der Waals surface area (Å²) in [5.74, 6) is 1.26. The third kappa shape index (κ3) is 6.09. The zero-order chi connectivity index (χ0) is 26.3. The number of nitrogens with one attached hydrogen (secondary N) is 2. The molecule has 1 aromatic carbocycles. The number of carbonyl (C=O) groups excluding carboxylic acids is 1. The van der Waals surface area contributed by atoms with E-state index in [1.165, 1.54) is 43.4 Å². The molecular weight excluding hydrogens is 480 g/mol. The monoisotopic (exact) mass is 522 g/mol. The summed E-state index contributed by atoms with van der Waals surface area (Å²) in [6.07, 6.45) is 10.2. The normalized spacial score (nSPS) is 19.8. The minimum absolute atomic E-state index is 0.134. The second-order valence-electron chi connectivity index (χ2n) is 12.4. The highest BCUT2D eigenvalue weighted by Gasteiger charge is 2.45. The Hall–Kier alpha value is -2.25. The van der Waals surface area contributed by atoms with Gasteiger partial charge in [0.15, 0.2) is 0 Å². The molecule has 7 heteroatoms. The first kappa shape index (κ1) is 26.4. The molecule has 0 unspecified atom stereocenters. The third-order valence-electron chi connectivity index (χ3n) is 8.87. The van der Waals surface area contributed by atoms with Gasteiger partial charge in [-0.3, -0.25) is 4.79 Å². The highest BCUT2D eigenvalue weighted by atomic mass is 32.2. The first-order valence-electron chi connectivity index (χ1n) is 13.9. The number of thioether (sulfide) groups is 1. The highest BCUT2D eigenvalue weighted by Crippen LogP contribution is 2.54. The van der Waals surface area contributed by atoms with Gasteiger partial charge in [0, 0.05) is 28.9 Å². The van der Waals surface area contributed by atoms with Crippen molar-refractivity contribution in [2.75, 3.05) is 28.6 Å². The second-order valence-corrected chi connectivity index (χ2v) is 13.7. The van der Waals surface area contributed by atoms with Gasteiger partial charge >= 0.3 is 0 Å². The molecule has 3 aliphatic rings. The zero-order valence-electron chi connectivity index (χ0n) is 22.8. The van der Waals surface area contributed by atoms with Gasteiger partial charge in [0.25, 0.3) is 5.91 Å². The molecule has 2 heterocycles. The van der Waals surface area contributed by atoms with Crippen LogP contribution in [0.3, 0.4) is 0 Å². The summed E-state index contributed by atoms with van der Waals surface area (Å²) in [6.45, 7) is 9.34. The lowest BCUT2D eigenvalue weighted by Crippen LogP contribution is -2.51. The first-order chi connectivity index (χ1) is 17.5. The van der Waals surface area contributed by atoms with E-state index in [0.717, 1.165) is 37.4 Å². The molecule has 1 amide bonds. The molecular formula is C30H42N4O2S. The molecule has 2 aromatic rings. The van der Waals surface area contributed by atoms with Gasteiger partial charge in [-0.2, -0.15) is 0 Å². The van der Waals surface area contributed by atoms with Gasteiger partial charge in [-0.05, 0) is 102 Å². The predicted octanol–water partition coefficient (Wildman–Crippen LogP) is 6.71. The van der Waals surface area contributed by atoms with E-state index in [1.807, 2.05) is 49.9 Å². The lowest BCUT2D eigenvalue weighted by atomic mass is 9.86. The fourth-order valence-electron chi connectivity index (χ4n) is 5.32. The molecule has 0 atom stereocenters. The summed E-state index contributed by atoms with van der Waals surface area (Å²) in [4.78, 5) is 22.0. The summed E-state index contributed by atoms with van der Waals surface area (Å²) in [5, 5.41) is 17.9. The summed E-state index contributed by atoms with van der Waals surface area (Å²) < 4.78 is 0. The van der Waals surface area contributed by atoms with Crippen molar-refractivity contribution in [1.82, 2.24) is 4.98 Å². The maximum Gasteiger partial charge on any atom is 0.259 e. The van der Waals surface area contributed by atoms with E-state index in [1.54, 1.807) is 13.8 Å². The van der Waals surface area contributed by atoms with Crippen LogP contribution in [0.15, 0.2) is 41.3 Å². The molecule has 3 fully saturated rings. The Balaban J connectivity index is 1.37. The number of pyridine rings is 1. The average molecular weight is 523 g/mol. The molecule has 200 valence electrons. The molecule has 2 aliphatic carbocycles. The van der Waals surface area contributed by atoms with E-state index in [0.29, 0.717) is 22.0 Å². The third-order valence-corrected chi connectivity index (χ3v) is 10.2. The number of benzene rings is 1. The highest BCUT2D eigenvalue weighted by molar-refractivity contribution is 8.00. The Morgan fingerprint density at radius 2 is 1.76 bits per heavy atom. The Kier molecular flexibility index (Phi) is 7.22. The molecule has 1 saturated heterocycles. The topological polar surface area (TPSA) is 77.5 Å². The molecule has 1 spiro atoms. The number of aromatic nitrogens is 1. The SMILES string of the molecule is CC(C)(O)C(C)(C)Nc1ccc(C(=O)Nc2cccc(SC3CCCC3)c2)c(N2CCC3(CC2)CC3)n1. The number of aliphatic hydroxyl groups is 1. The van der Waals surface area contributed by atoms with Gasteiger partial charge in [0.05, 0.1) is 16.7 Å². The molecule has 5 rings (SSSR count). The summed E-state index contributed by atoms with van der Waals surface area (Å²) >= 11 is 1.93. The Labute approximate surface area is 226 Å². The second kappa shape index (κ2) is 10.1. The summed E-state index contributed by atoms with van der Waals surface area (Å²) in [7, 11) is 0. The number of nitrogens with zero attached hydrogens (tertiary/aromatic N) is 2. The van der Waals surface area contributed by atoms with Crippen LogP contribution in [0.1, 0.15) is 89.4 Å². The van der Waals surface area contributed by atoms with Crippen LogP contribution in [0.4, 0.5) is 17.3 Å². The Morgan fingerprint density at radius 1 is 1.05 bits per heavy atom. The number of piperidine rings is 1. The summed E-state index contributed by atoms with van der Waals surface area (Å²) in [5.41, 5.74) is 0.399. The van der Waals surface area contributed by atoms with Gasteiger partial charge in [0.2, 0.25) is 0 Å². The van der Waals surface area contributed by atoms with Crippen LogP contribution in [-0.4, -0.2) is 45.5 Å². The number of amides is 1. The first-order valence-corrected chi connectivity index (χ1v) is 14.8. The maximum absolute atomic E-state index is 13.6. The molecule has 37 heavy (non-hydrogen) atoms. The van der Waals surface area contributed by atoms with Crippen molar-refractivity contribution in [2.24, 2.45) is 5.41 Å². The molecule has 0 radical (unpaired) electrons. The Bertz CT molecular complexity index is 1120. The summed E-state index contributed by atoms with van der Waals surface area (Å²) in [6, 6.07) is 11.9. The predicted molar refractivity (Wildman–Crippen MR) is 154 cm³/mol. The van der Waals surface area contributed by atoms with Crippen molar-refractivity contribution in [2.45, 2.75) is 100 Å². The van der Waals surface area contributed by atoms with Crippen LogP contribution >= 0.6 is 11.8 Å². The molecule has 1 aliphatic heterocycles. The van der Waals surface area contributed by atoms with Crippen molar-refractivity contribution in [3.8, 4) is 0 Å². The average Bonchev–Trinajstić information content (AvgIpc) is 3.38. The number of carbonyl (C=O) groups is 1. The van der Waals surface area contributed by atoms with Crippen molar-refractivity contribution in [1.29, 1.82) is 0 Å². The van der Waals surface area contributed by atoms with E-state index in [4.69, 9.17) is 4.98 Å².